The van der Waals surface area contributed by atoms with E-state index in [-0.39, 0.29) is 17.9 Å². The van der Waals surface area contributed by atoms with E-state index in [4.69, 9.17) is 23.2 Å². The Hall–Kier alpha value is -2.08. The minimum Gasteiger partial charge on any atom is -0.349 e. The lowest BCUT2D eigenvalue weighted by atomic mass is 10.0. The molecule has 0 radical (unpaired) electrons. The fraction of sp³-hybridized carbons (Fsp3) is 0.333. The first-order valence-electron chi connectivity index (χ1n) is 9.26. The number of anilines is 1. The molecule has 2 aromatic carbocycles. The lowest BCUT2D eigenvalue weighted by Crippen LogP contribution is -2.46. The molecule has 3 rings (SSSR count). The highest BCUT2D eigenvalue weighted by Gasteiger charge is 2.23. The van der Waals surface area contributed by atoms with Crippen molar-refractivity contribution >= 4 is 40.7 Å². The van der Waals surface area contributed by atoms with Gasteiger partial charge in [0, 0.05) is 30.4 Å². The Morgan fingerprint density at radius 2 is 1.79 bits per heavy atom. The minimum atomic E-state index is -0.0965. The summed E-state index contributed by atoms with van der Waals surface area (Å²) in [5, 5.41) is 6.80. The van der Waals surface area contributed by atoms with Crippen LogP contribution in [0, 0.1) is 6.92 Å². The van der Waals surface area contributed by atoms with Crippen LogP contribution in [-0.2, 0) is 4.79 Å². The lowest BCUT2D eigenvalue weighted by Gasteiger charge is -2.32. The summed E-state index contributed by atoms with van der Waals surface area (Å²) in [5.41, 5.74) is 2.31. The first-order valence-corrected chi connectivity index (χ1v) is 10.0. The van der Waals surface area contributed by atoms with Crippen LogP contribution in [-0.4, -0.2) is 42.4 Å². The monoisotopic (exact) mass is 419 g/mol. The molecule has 0 spiro atoms. The van der Waals surface area contributed by atoms with E-state index in [1.807, 2.05) is 31.2 Å². The smallest absolute Gasteiger partial charge is 0.251 e. The molecule has 1 heterocycles. The van der Waals surface area contributed by atoms with Gasteiger partial charge in [-0.3, -0.25) is 14.5 Å². The Bertz CT molecular complexity index is 864. The molecule has 2 N–H and O–H groups in total. The van der Waals surface area contributed by atoms with Crippen LogP contribution in [0.15, 0.2) is 42.5 Å². The summed E-state index contributed by atoms with van der Waals surface area (Å²) in [7, 11) is 0. The van der Waals surface area contributed by atoms with E-state index in [0.29, 0.717) is 27.8 Å². The van der Waals surface area contributed by atoms with Gasteiger partial charge in [0.1, 0.15) is 0 Å². The van der Waals surface area contributed by atoms with Crippen molar-refractivity contribution in [3.05, 3.63) is 63.6 Å². The number of benzene rings is 2. The zero-order valence-electron chi connectivity index (χ0n) is 15.7. The van der Waals surface area contributed by atoms with Crippen LogP contribution >= 0.6 is 23.2 Å². The molecule has 0 bridgehead atoms. The number of hydrogen-bond donors (Lipinski definition) is 2. The van der Waals surface area contributed by atoms with Gasteiger partial charge in [-0.25, -0.2) is 0 Å². The zero-order chi connectivity index (χ0) is 20.1. The van der Waals surface area contributed by atoms with Crippen molar-refractivity contribution in [1.82, 2.24) is 10.2 Å². The predicted molar refractivity (Wildman–Crippen MR) is 113 cm³/mol. The van der Waals surface area contributed by atoms with E-state index in [1.54, 1.807) is 18.2 Å². The summed E-state index contributed by atoms with van der Waals surface area (Å²) in [4.78, 5) is 26.8. The second-order valence-electron chi connectivity index (χ2n) is 7.02. The number of halogens is 2. The second kappa shape index (κ2) is 9.41. The molecule has 0 atom stereocenters. The molecule has 1 aliphatic rings. The molecular formula is C21H23Cl2N3O2. The van der Waals surface area contributed by atoms with Crippen molar-refractivity contribution in [2.45, 2.75) is 25.8 Å². The summed E-state index contributed by atoms with van der Waals surface area (Å²) >= 11 is 11.9. The number of nitrogens with zero attached hydrogens (tertiary/aromatic N) is 1. The van der Waals surface area contributed by atoms with Crippen LogP contribution in [0.5, 0.6) is 0 Å². The van der Waals surface area contributed by atoms with E-state index in [1.165, 1.54) is 0 Å². The number of nitrogens with one attached hydrogen (secondary N) is 2. The topological polar surface area (TPSA) is 61.4 Å². The minimum absolute atomic E-state index is 0.0334. The largest absolute Gasteiger partial charge is 0.349 e. The first kappa shape index (κ1) is 20.6. The fourth-order valence-electron chi connectivity index (χ4n) is 3.30. The van der Waals surface area contributed by atoms with Crippen LogP contribution in [0.2, 0.25) is 10.0 Å². The molecule has 28 heavy (non-hydrogen) atoms. The maximum atomic E-state index is 12.4. The number of likely N-dealkylation sites (tertiary alicyclic amines) is 1. The number of rotatable bonds is 5. The number of carbonyl (C=O) groups is 2. The molecule has 0 saturated carbocycles. The fourth-order valence-corrected chi connectivity index (χ4v) is 3.60. The summed E-state index contributed by atoms with van der Waals surface area (Å²) in [6, 6.07) is 12.7. The normalized spacial score (nSPS) is 15.2. The maximum absolute atomic E-state index is 12.4. The van der Waals surface area contributed by atoms with Gasteiger partial charge in [-0.2, -0.15) is 0 Å². The SMILES string of the molecule is Cc1ccccc1C(=O)NC1CCN(CC(=O)Nc2ccc(Cl)c(Cl)c2)CC1. The van der Waals surface area contributed by atoms with E-state index < -0.39 is 0 Å². The highest BCUT2D eigenvalue weighted by molar-refractivity contribution is 6.42. The summed E-state index contributed by atoms with van der Waals surface area (Å²) in [5.74, 6) is -0.130. The maximum Gasteiger partial charge on any atom is 0.251 e. The number of carbonyl (C=O) groups excluding carboxylic acids is 2. The van der Waals surface area contributed by atoms with E-state index >= 15 is 0 Å². The van der Waals surface area contributed by atoms with Gasteiger partial charge in [0.15, 0.2) is 0 Å². The molecule has 1 fully saturated rings. The standard InChI is InChI=1S/C21H23Cl2N3O2/c1-14-4-2-3-5-17(14)21(28)25-15-8-10-26(11-9-15)13-20(27)24-16-6-7-18(22)19(23)12-16/h2-7,12,15H,8-11,13H2,1H3,(H,24,27)(H,25,28). The molecule has 2 amide bonds. The average molecular weight is 420 g/mol. The molecule has 0 aromatic heterocycles. The number of piperidine rings is 1. The average Bonchev–Trinajstić information content (AvgIpc) is 2.66. The highest BCUT2D eigenvalue weighted by atomic mass is 35.5. The van der Waals surface area contributed by atoms with Crippen molar-refractivity contribution in [1.29, 1.82) is 0 Å². The molecule has 1 aliphatic heterocycles. The van der Waals surface area contributed by atoms with Crippen LogP contribution in [0.4, 0.5) is 5.69 Å². The van der Waals surface area contributed by atoms with Gasteiger partial charge in [-0.1, -0.05) is 41.4 Å². The Kier molecular flexibility index (Phi) is 6.94. The third-order valence-corrected chi connectivity index (χ3v) is 5.62. The molecule has 0 aliphatic carbocycles. The number of hydrogen-bond acceptors (Lipinski definition) is 3. The van der Waals surface area contributed by atoms with Gasteiger partial charge in [-0.05, 0) is 49.6 Å². The molecule has 7 heteroatoms. The van der Waals surface area contributed by atoms with Gasteiger partial charge >= 0.3 is 0 Å². The summed E-state index contributed by atoms with van der Waals surface area (Å²) in [6.07, 6.45) is 1.63. The van der Waals surface area contributed by atoms with Crippen molar-refractivity contribution in [3.63, 3.8) is 0 Å². The van der Waals surface area contributed by atoms with Crippen LogP contribution in [0.3, 0.4) is 0 Å². The van der Waals surface area contributed by atoms with E-state index in [9.17, 15) is 9.59 Å². The van der Waals surface area contributed by atoms with E-state index in [2.05, 4.69) is 15.5 Å². The molecular weight excluding hydrogens is 397 g/mol. The molecule has 2 aromatic rings. The van der Waals surface area contributed by atoms with Gasteiger partial charge in [-0.15, -0.1) is 0 Å². The zero-order valence-corrected chi connectivity index (χ0v) is 17.2. The van der Waals surface area contributed by atoms with Crippen molar-refractivity contribution in [2.75, 3.05) is 25.0 Å². The highest BCUT2D eigenvalue weighted by Crippen LogP contribution is 2.25. The number of aryl methyl sites for hydroxylation is 1. The van der Waals surface area contributed by atoms with Crippen LogP contribution in [0.1, 0.15) is 28.8 Å². The lowest BCUT2D eigenvalue weighted by molar-refractivity contribution is -0.117. The Balaban J connectivity index is 1.45. The molecule has 0 unspecified atom stereocenters. The van der Waals surface area contributed by atoms with Gasteiger partial charge in [0.05, 0.1) is 16.6 Å². The second-order valence-corrected chi connectivity index (χ2v) is 7.83. The van der Waals surface area contributed by atoms with Gasteiger partial charge in [0.2, 0.25) is 5.91 Å². The molecule has 1 saturated heterocycles. The van der Waals surface area contributed by atoms with E-state index in [0.717, 1.165) is 31.5 Å². The van der Waals surface area contributed by atoms with Crippen molar-refractivity contribution in [2.24, 2.45) is 0 Å². The Labute approximate surface area is 175 Å². The quantitative estimate of drug-likeness (QED) is 0.765. The van der Waals surface area contributed by atoms with Crippen LogP contribution in [0.25, 0.3) is 0 Å². The molecule has 148 valence electrons. The Morgan fingerprint density at radius 1 is 1.07 bits per heavy atom. The third-order valence-electron chi connectivity index (χ3n) is 4.88. The predicted octanol–water partition coefficient (Wildman–Crippen LogP) is 4.13. The molecule has 5 nitrogen and oxygen atoms in total. The first-order chi connectivity index (χ1) is 13.4. The van der Waals surface area contributed by atoms with Crippen LogP contribution < -0.4 is 10.6 Å². The van der Waals surface area contributed by atoms with Gasteiger partial charge < -0.3 is 10.6 Å². The summed E-state index contributed by atoms with van der Waals surface area (Å²) < 4.78 is 0. The number of amides is 2. The van der Waals surface area contributed by atoms with Crippen molar-refractivity contribution in [3.8, 4) is 0 Å². The Morgan fingerprint density at radius 3 is 2.46 bits per heavy atom. The third kappa shape index (κ3) is 5.47. The van der Waals surface area contributed by atoms with Crippen molar-refractivity contribution < 1.29 is 9.59 Å². The summed E-state index contributed by atoms with van der Waals surface area (Å²) in [6.45, 7) is 3.75. The van der Waals surface area contributed by atoms with Gasteiger partial charge in [0.25, 0.3) is 5.91 Å².